The molecule has 2 aromatic rings. The molecule has 2 nitrogen and oxygen atoms in total. The first-order valence-electron chi connectivity index (χ1n) is 6.72. The Morgan fingerprint density at radius 3 is 2.70 bits per heavy atom. The van der Waals surface area contributed by atoms with Gasteiger partial charge in [0.05, 0.1) is 7.11 Å². The Balaban J connectivity index is 2.06. The third-order valence-corrected chi connectivity index (χ3v) is 3.88. The summed E-state index contributed by atoms with van der Waals surface area (Å²) in [5.41, 5.74) is 3.75. The zero-order valence-electron chi connectivity index (χ0n) is 12.1. The molecule has 0 spiro atoms. The van der Waals surface area contributed by atoms with Crippen LogP contribution in [0, 0.1) is 6.92 Å². The molecule has 20 heavy (non-hydrogen) atoms. The number of rotatable bonds is 5. The van der Waals surface area contributed by atoms with E-state index in [4.69, 9.17) is 4.74 Å². The lowest BCUT2D eigenvalue weighted by atomic mass is 10.1. The number of aryl methyl sites for hydroxylation is 1. The van der Waals surface area contributed by atoms with Crippen LogP contribution in [0.4, 0.5) is 0 Å². The van der Waals surface area contributed by atoms with Gasteiger partial charge in [0.15, 0.2) is 0 Å². The average molecular weight is 334 g/mol. The third kappa shape index (κ3) is 3.84. The van der Waals surface area contributed by atoms with E-state index in [-0.39, 0.29) is 0 Å². The molecule has 0 unspecified atom stereocenters. The Morgan fingerprint density at radius 2 is 2.00 bits per heavy atom. The number of ether oxygens (including phenoxy) is 1. The minimum Gasteiger partial charge on any atom is -0.496 e. The van der Waals surface area contributed by atoms with Crippen LogP contribution in [0.5, 0.6) is 5.75 Å². The standard InChI is InChI=1S/C17H20BrNO/c1-12-5-4-6-14(9-12)13(2)19-11-15-10-16(18)7-8-17(15)20-3/h4-10,13,19H,11H2,1-3H3/t13-/m1/s1. The number of hydrogen-bond acceptors (Lipinski definition) is 2. The second-order valence-electron chi connectivity index (χ2n) is 4.97. The van der Waals surface area contributed by atoms with Gasteiger partial charge in [-0.15, -0.1) is 0 Å². The monoisotopic (exact) mass is 333 g/mol. The lowest BCUT2D eigenvalue weighted by Gasteiger charge is -2.16. The highest BCUT2D eigenvalue weighted by Gasteiger charge is 2.08. The molecule has 2 aromatic carbocycles. The number of methoxy groups -OCH3 is 1. The Hall–Kier alpha value is -1.32. The van der Waals surface area contributed by atoms with Crippen LogP contribution in [0.3, 0.4) is 0 Å². The van der Waals surface area contributed by atoms with Crippen LogP contribution in [0.1, 0.15) is 29.7 Å². The summed E-state index contributed by atoms with van der Waals surface area (Å²) in [4.78, 5) is 0. The summed E-state index contributed by atoms with van der Waals surface area (Å²) in [6.07, 6.45) is 0. The van der Waals surface area contributed by atoms with E-state index >= 15 is 0 Å². The highest BCUT2D eigenvalue weighted by atomic mass is 79.9. The molecule has 0 amide bonds. The highest BCUT2D eigenvalue weighted by Crippen LogP contribution is 2.24. The molecule has 0 aliphatic carbocycles. The van der Waals surface area contributed by atoms with Gasteiger partial charge in [0.2, 0.25) is 0 Å². The third-order valence-electron chi connectivity index (χ3n) is 3.38. The molecule has 0 heterocycles. The summed E-state index contributed by atoms with van der Waals surface area (Å²) in [6, 6.07) is 15.0. The number of hydrogen-bond donors (Lipinski definition) is 1. The average Bonchev–Trinajstić information content (AvgIpc) is 2.45. The number of nitrogens with one attached hydrogen (secondary N) is 1. The lowest BCUT2D eigenvalue weighted by molar-refractivity contribution is 0.406. The zero-order valence-corrected chi connectivity index (χ0v) is 13.7. The minimum absolute atomic E-state index is 0.304. The minimum atomic E-state index is 0.304. The fourth-order valence-electron chi connectivity index (χ4n) is 2.21. The molecule has 2 rings (SSSR count). The topological polar surface area (TPSA) is 21.3 Å². The van der Waals surface area contributed by atoms with E-state index < -0.39 is 0 Å². The summed E-state index contributed by atoms with van der Waals surface area (Å²) in [7, 11) is 1.71. The van der Waals surface area contributed by atoms with E-state index in [9.17, 15) is 0 Å². The molecule has 0 aliphatic rings. The normalized spacial score (nSPS) is 12.2. The van der Waals surface area contributed by atoms with E-state index in [1.807, 2.05) is 12.1 Å². The van der Waals surface area contributed by atoms with E-state index in [2.05, 4.69) is 65.4 Å². The summed E-state index contributed by atoms with van der Waals surface area (Å²) in [5.74, 6) is 0.914. The molecule has 0 saturated heterocycles. The summed E-state index contributed by atoms with van der Waals surface area (Å²) in [6.45, 7) is 5.07. The Labute approximate surface area is 129 Å². The first kappa shape index (κ1) is 15.1. The maximum absolute atomic E-state index is 5.40. The predicted octanol–water partition coefficient (Wildman–Crippen LogP) is 4.62. The zero-order chi connectivity index (χ0) is 14.5. The molecule has 3 heteroatoms. The van der Waals surface area contributed by atoms with Gasteiger partial charge >= 0.3 is 0 Å². The second kappa shape index (κ2) is 6.91. The van der Waals surface area contributed by atoms with Crippen molar-refractivity contribution in [1.82, 2.24) is 5.32 Å². The van der Waals surface area contributed by atoms with Crippen molar-refractivity contribution in [2.75, 3.05) is 7.11 Å². The molecule has 0 saturated carbocycles. The molecule has 1 N–H and O–H groups in total. The molecule has 0 fully saturated rings. The van der Waals surface area contributed by atoms with Crippen molar-refractivity contribution in [3.63, 3.8) is 0 Å². The van der Waals surface area contributed by atoms with Crippen LogP contribution in [0.25, 0.3) is 0 Å². The first-order valence-corrected chi connectivity index (χ1v) is 7.52. The Kier molecular flexibility index (Phi) is 5.21. The van der Waals surface area contributed by atoms with Crippen molar-refractivity contribution < 1.29 is 4.74 Å². The fourth-order valence-corrected chi connectivity index (χ4v) is 2.61. The van der Waals surface area contributed by atoms with E-state index in [1.165, 1.54) is 11.1 Å². The van der Waals surface area contributed by atoms with Crippen LogP contribution in [0.15, 0.2) is 46.9 Å². The van der Waals surface area contributed by atoms with Crippen molar-refractivity contribution in [1.29, 1.82) is 0 Å². The van der Waals surface area contributed by atoms with Crippen molar-refractivity contribution in [3.8, 4) is 5.75 Å². The van der Waals surface area contributed by atoms with Gasteiger partial charge in [-0.2, -0.15) is 0 Å². The molecular weight excluding hydrogens is 314 g/mol. The maximum Gasteiger partial charge on any atom is 0.123 e. The van der Waals surface area contributed by atoms with Gasteiger partial charge in [-0.1, -0.05) is 45.8 Å². The second-order valence-corrected chi connectivity index (χ2v) is 5.89. The van der Waals surface area contributed by atoms with Gasteiger partial charge in [-0.25, -0.2) is 0 Å². The Morgan fingerprint density at radius 1 is 1.20 bits per heavy atom. The molecule has 0 bridgehead atoms. The quantitative estimate of drug-likeness (QED) is 0.862. The first-order chi connectivity index (χ1) is 9.60. The summed E-state index contributed by atoms with van der Waals surface area (Å²) >= 11 is 3.50. The number of benzene rings is 2. The highest BCUT2D eigenvalue weighted by molar-refractivity contribution is 9.10. The summed E-state index contributed by atoms with van der Waals surface area (Å²) < 4.78 is 6.46. The van der Waals surface area contributed by atoms with Gasteiger partial charge in [-0.05, 0) is 37.6 Å². The molecule has 1 atom stereocenters. The van der Waals surface area contributed by atoms with Crippen molar-refractivity contribution in [2.45, 2.75) is 26.4 Å². The van der Waals surface area contributed by atoms with Crippen LogP contribution in [-0.4, -0.2) is 7.11 Å². The van der Waals surface area contributed by atoms with Crippen molar-refractivity contribution in [3.05, 3.63) is 63.6 Å². The van der Waals surface area contributed by atoms with Crippen LogP contribution in [-0.2, 0) is 6.54 Å². The van der Waals surface area contributed by atoms with E-state index in [1.54, 1.807) is 7.11 Å². The maximum atomic E-state index is 5.40. The summed E-state index contributed by atoms with van der Waals surface area (Å²) in [5, 5.41) is 3.54. The molecule has 0 radical (unpaired) electrons. The molecule has 0 aromatic heterocycles. The SMILES string of the molecule is COc1ccc(Br)cc1CN[C@H](C)c1cccc(C)c1. The van der Waals surface area contributed by atoms with Crippen LogP contribution >= 0.6 is 15.9 Å². The molecule has 0 aliphatic heterocycles. The smallest absolute Gasteiger partial charge is 0.123 e. The van der Waals surface area contributed by atoms with Crippen molar-refractivity contribution in [2.24, 2.45) is 0 Å². The van der Waals surface area contributed by atoms with Crippen molar-refractivity contribution >= 4 is 15.9 Å². The van der Waals surface area contributed by atoms with Gasteiger partial charge < -0.3 is 10.1 Å². The van der Waals surface area contributed by atoms with E-state index in [0.717, 1.165) is 22.3 Å². The largest absolute Gasteiger partial charge is 0.496 e. The Bertz CT molecular complexity index is 583. The van der Waals surface area contributed by atoms with Crippen LogP contribution < -0.4 is 10.1 Å². The van der Waals surface area contributed by atoms with Gasteiger partial charge in [0, 0.05) is 22.6 Å². The van der Waals surface area contributed by atoms with Crippen LogP contribution in [0.2, 0.25) is 0 Å². The fraction of sp³-hybridized carbons (Fsp3) is 0.294. The number of halogens is 1. The van der Waals surface area contributed by atoms with Gasteiger partial charge in [0.25, 0.3) is 0 Å². The van der Waals surface area contributed by atoms with Gasteiger partial charge in [0.1, 0.15) is 5.75 Å². The van der Waals surface area contributed by atoms with E-state index in [0.29, 0.717) is 6.04 Å². The lowest BCUT2D eigenvalue weighted by Crippen LogP contribution is -2.18. The van der Waals surface area contributed by atoms with Gasteiger partial charge in [-0.3, -0.25) is 0 Å². The molecular formula is C17H20BrNO. The molecule has 106 valence electrons. The predicted molar refractivity (Wildman–Crippen MR) is 87.1 cm³/mol.